The molecule has 2 heterocycles. The van der Waals surface area contributed by atoms with Crippen LogP contribution in [0.3, 0.4) is 0 Å². The zero-order valence-electron chi connectivity index (χ0n) is 10.9. The zero-order valence-corrected chi connectivity index (χ0v) is 11.7. The Bertz CT molecular complexity index is 310. The van der Waals surface area contributed by atoms with Gasteiger partial charge in [0, 0.05) is 24.0 Å². The maximum atomic E-state index is 4.31. The lowest BCUT2D eigenvalue weighted by Crippen LogP contribution is -2.33. The van der Waals surface area contributed by atoms with Gasteiger partial charge in [-0.15, -0.1) is 11.3 Å². The molecule has 0 bridgehead atoms. The molecular formula is C13H23N3S. The van der Waals surface area contributed by atoms with Gasteiger partial charge in [-0.05, 0) is 46.2 Å². The van der Waals surface area contributed by atoms with E-state index in [-0.39, 0.29) is 0 Å². The summed E-state index contributed by atoms with van der Waals surface area (Å²) in [6.07, 6.45) is 3.88. The molecule has 1 N–H and O–H groups in total. The number of aromatic nitrogens is 1. The van der Waals surface area contributed by atoms with Crippen molar-refractivity contribution >= 4 is 11.3 Å². The number of rotatable bonds is 4. The summed E-state index contributed by atoms with van der Waals surface area (Å²) in [5, 5.41) is 5.77. The highest BCUT2D eigenvalue weighted by atomic mass is 32.1. The third-order valence-corrected chi connectivity index (χ3v) is 4.18. The predicted molar refractivity (Wildman–Crippen MR) is 73.3 cm³/mol. The van der Waals surface area contributed by atoms with Gasteiger partial charge >= 0.3 is 0 Å². The molecule has 17 heavy (non-hydrogen) atoms. The molecule has 0 saturated carbocycles. The van der Waals surface area contributed by atoms with Crippen molar-refractivity contribution in [2.45, 2.75) is 51.7 Å². The normalized spacial score (nSPS) is 22.9. The van der Waals surface area contributed by atoms with Crippen LogP contribution in [0.2, 0.25) is 0 Å². The lowest BCUT2D eigenvalue weighted by Gasteiger charge is -2.24. The van der Waals surface area contributed by atoms with Gasteiger partial charge in [0.25, 0.3) is 0 Å². The predicted octanol–water partition coefficient (Wildman–Crippen LogP) is 2.50. The standard InChI is InChI=1S/C13H23N3S/c1-11(2)16-6-3-4-12(5-7-16)14-8-13-9-17-10-15-13/h9-12,14H,3-8H2,1-2H3. The minimum absolute atomic E-state index is 0.667. The third kappa shape index (κ3) is 4.05. The van der Waals surface area contributed by atoms with Crippen LogP contribution in [-0.2, 0) is 6.54 Å². The second kappa shape index (κ2) is 6.47. The molecule has 1 aromatic heterocycles. The Hall–Kier alpha value is -0.450. The molecule has 1 fully saturated rings. The number of nitrogens with zero attached hydrogens (tertiary/aromatic N) is 2. The Balaban J connectivity index is 1.75. The van der Waals surface area contributed by atoms with Gasteiger partial charge in [0.2, 0.25) is 0 Å². The van der Waals surface area contributed by atoms with E-state index in [0.717, 1.165) is 6.54 Å². The van der Waals surface area contributed by atoms with Crippen molar-refractivity contribution in [2.24, 2.45) is 0 Å². The molecule has 1 atom stereocenters. The first-order valence-electron chi connectivity index (χ1n) is 6.60. The van der Waals surface area contributed by atoms with Gasteiger partial charge in [0.05, 0.1) is 11.2 Å². The molecule has 96 valence electrons. The van der Waals surface area contributed by atoms with Crippen molar-refractivity contribution in [1.29, 1.82) is 0 Å². The van der Waals surface area contributed by atoms with Crippen LogP contribution in [0.25, 0.3) is 0 Å². The molecule has 1 saturated heterocycles. The fraction of sp³-hybridized carbons (Fsp3) is 0.769. The van der Waals surface area contributed by atoms with E-state index in [1.165, 1.54) is 38.0 Å². The lowest BCUT2D eigenvalue weighted by molar-refractivity contribution is 0.229. The highest BCUT2D eigenvalue weighted by Crippen LogP contribution is 2.14. The summed E-state index contributed by atoms with van der Waals surface area (Å²) in [6.45, 7) is 8.00. The van der Waals surface area contributed by atoms with Crippen LogP contribution in [0.1, 0.15) is 38.8 Å². The average molecular weight is 253 g/mol. The van der Waals surface area contributed by atoms with Crippen LogP contribution in [-0.4, -0.2) is 35.1 Å². The molecule has 2 rings (SSSR count). The van der Waals surface area contributed by atoms with Crippen molar-refractivity contribution in [3.63, 3.8) is 0 Å². The average Bonchev–Trinajstić information content (AvgIpc) is 2.70. The van der Waals surface area contributed by atoms with Crippen molar-refractivity contribution < 1.29 is 0 Å². The molecule has 0 aromatic carbocycles. The first-order valence-corrected chi connectivity index (χ1v) is 7.54. The third-order valence-electron chi connectivity index (χ3n) is 3.55. The summed E-state index contributed by atoms with van der Waals surface area (Å²) < 4.78 is 0. The quantitative estimate of drug-likeness (QED) is 0.893. The van der Waals surface area contributed by atoms with Gasteiger partial charge in [0.15, 0.2) is 0 Å². The zero-order chi connectivity index (χ0) is 12.1. The van der Waals surface area contributed by atoms with Crippen molar-refractivity contribution in [3.8, 4) is 0 Å². The molecule has 1 aliphatic heterocycles. The number of hydrogen-bond donors (Lipinski definition) is 1. The Kier molecular flexibility index (Phi) is 4.95. The van der Waals surface area contributed by atoms with Crippen molar-refractivity contribution in [2.75, 3.05) is 13.1 Å². The van der Waals surface area contributed by atoms with E-state index in [4.69, 9.17) is 0 Å². The summed E-state index contributed by atoms with van der Waals surface area (Å²) in [5.74, 6) is 0. The Morgan fingerprint density at radius 1 is 1.47 bits per heavy atom. The Labute approximate surface area is 108 Å². The van der Waals surface area contributed by atoms with Gasteiger partial charge in [-0.2, -0.15) is 0 Å². The monoisotopic (exact) mass is 253 g/mol. The summed E-state index contributed by atoms with van der Waals surface area (Å²) in [5.41, 5.74) is 3.09. The number of nitrogens with one attached hydrogen (secondary N) is 1. The molecule has 4 heteroatoms. The molecular weight excluding hydrogens is 230 g/mol. The van der Waals surface area contributed by atoms with Crippen LogP contribution >= 0.6 is 11.3 Å². The Morgan fingerprint density at radius 2 is 2.35 bits per heavy atom. The maximum absolute atomic E-state index is 4.31. The van der Waals surface area contributed by atoms with Gasteiger partial charge < -0.3 is 10.2 Å². The number of likely N-dealkylation sites (tertiary alicyclic amines) is 1. The molecule has 0 spiro atoms. The summed E-state index contributed by atoms with van der Waals surface area (Å²) in [6, 6.07) is 1.35. The summed E-state index contributed by atoms with van der Waals surface area (Å²) >= 11 is 1.68. The fourth-order valence-corrected chi connectivity index (χ4v) is 2.97. The van der Waals surface area contributed by atoms with Gasteiger partial charge in [0.1, 0.15) is 0 Å². The van der Waals surface area contributed by atoms with E-state index >= 15 is 0 Å². The first kappa shape index (κ1) is 13.0. The van der Waals surface area contributed by atoms with E-state index in [9.17, 15) is 0 Å². The highest BCUT2D eigenvalue weighted by Gasteiger charge is 2.18. The van der Waals surface area contributed by atoms with Gasteiger partial charge in [-0.25, -0.2) is 4.98 Å². The van der Waals surface area contributed by atoms with E-state index in [2.05, 4.69) is 34.4 Å². The smallest absolute Gasteiger partial charge is 0.0795 e. The van der Waals surface area contributed by atoms with Crippen molar-refractivity contribution in [1.82, 2.24) is 15.2 Å². The molecule has 0 radical (unpaired) electrons. The van der Waals surface area contributed by atoms with Crippen LogP contribution in [0.4, 0.5) is 0 Å². The summed E-state index contributed by atoms with van der Waals surface area (Å²) in [7, 11) is 0. The minimum atomic E-state index is 0.667. The second-order valence-electron chi connectivity index (χ2n) is 5.12. The van der Waals surface area contributed by atoms with Crippen LogP contribution in [0.15, 0.2) is 10.9 Å². The van der Waals surface area contributed by atoms with Crippen molar-refractivity contribution in [3.05, 3.63) is 16.6 Å². The topological polar surface area (TPSA) is 28.2 Å². The van der Waals surface area contributed by atoms with Gasteiger partial charge in [-0.3, -0.25) is 0 Å². The molecule has 1 aliphatic rings. The van der Waals surface area contributed by atoms with Crippen LogP contribution in [0.5, 0.6) is 0 Å². The van der Waals surface area contributed by atoms with E-state index in [1.807, 2.05) is 5.51 Å². The molecule has 1 unspecified atom stereocenters. The van der Waals surface area contributed by atoms with Crippen LogP contribution < -0.4 is 5.32 Å². The molecule has 3 nitrogen and oxygen atoms in total. The lowest BCUT2D eigenvalue weighted by atomic mass is 10.1. The number of hydrogen-bond acceptors (Lipinski definition) is 4. The van der Waals surface area contributed by atoms with Gasteiger partial charge in [-0.1, -0.05) is 0 Å². The van der Waals surface area contributed by atoms with E-state index in [1.54, 1.807) is 11.3 Å². The fourth-order valence-electron chi connectivity index (χ4n) is 2.41. The first-order chi connectivity index (χ1) is 8.25. The maximum Gasteiger partial charge on any atom is 0.0795 e. The Morgan fingerprint density at radius 3 is 3.06 bits per heavy atom. The highest BCUT2D eigenvalue weighted by molar-refractivity contribution is 7.07. The summed E-state index contributed by atoms with van der Waals surface area (Å²) in [4.78, 5) is 6.90. The molecule has 0 amide bonds. The largest absolute Gasteiger partial charge is 0.308 e. The second-order valence-corrected chi connectivity index (χ2v) is 5.84. The van der Waals surface area contributed by atoms with E-state index in [0.29, 0.717) is 12.1 Å². The van der Waals surface area contributed by atoms with Crippen LogP contribution in [0, 0.1) is 0 Å². The SMILES string of the molecule is CC(C)N1CCCC(NCc2cscn2)CC1. The minimum Gasteiger partial charge on any atom is -0.308 e. The van der Waals surface area contributed by atoms with E-state index < -0.39 is 0 Å². The molecule has 0 aliphatic carbocycles. The molecule has 1 aromatic rings. The number of thiazole rings is 1.